The van der Waals surface area contributed by atoms with Crippen LogP contribution in [0.25, 0.3) is 10.8 Å². The van der Waals surface area contributed by atoms with Crippen LogP contribution in [0.4, 0.5) is 0 Å². The molecule has 1 aliphatic carbocycles. The molecule has 2 aromatic carbocycles. The number of phenols is 1. The molecule has 4 heterocycles. The summed E-state index contributed by atoms with van der Waals surface area (Å²) in [4.78, 5) is 12.8. The third-order valence-corrected chi connectivity index (χ3v) is 7.96. The maximum Gasteiger partial charge on any atom is 0.269 e. The molecule has 3 fully saturated rings. The van der Waals surface area contributed by atoms with E-state index in [1.54, 1.807) is 0 Å². The number of benzene rings is 2. The molecular weight excluding hydrogens is 432 g/mol. The highest BCUT2D eigenvalue weighted by molar-refractivity contribution is 6.11. The number of aliphatic hydroxyl groups is 2. The van der Waals surface area contributed by atoms with Crippen LogP contribution < -0.4 is 9.47 Å². The Morgan fingerprint density at radius 2 is 2.06 bits per heavy atom. The zero-order chi connectivity index (χ0) is 22.9. The third-order valence-electron chi connectivity index (χ3n) is 7.96. The number of ketones is 1. The number of ether oxygens (including phenoxy) is 5. The van der Waals surface area contributed by atoms with Crippen molar-refractivity contribution < 1.29 is 43.8 Å². The Morgan fingerprint density at radius 1 is 1.27 bits per heavy atom. The van der Waals surface area contributed by atoms with E-state index >= 15 is 0 Å². The Morgan fingerprint density at radius 3 is 2.76 bits per heavy atom. The molecule has 33 heavy (non-hydrogen) atoms. The van der Waals surface area contributed by atoms with Crippen molar-refractivity contribution in [3.63, 3.8) is 0 Å². The number of fused-ring (bicyclic) bond motifs is 7. The zero-order valence-electron chi connectivity index (χ0n) is 18.3. The molecule has 0 aromatic heterocycles. The number of aromatic hydroxyl groups is 1. The summed E-state index contributed by atoms with van der Waals surface area (Å²) in [5, 5.41) is 34.1. The molecule has 0 radical (unpaired) electrons. The molecule has 0 saturated carbocycles. The van der Waals surface area contributed by atoms with Crippen molar-refractivity contribution in [2.75, 3.05) is 20.3 Å². The number of methoxy groups -OCH3 is 1. The van der Waals surface area contributed by atoms with Gasteiger partial charge in [0.05, 0.1) is 31.3 Å². The van der Waals surface area contributed by atoms with Gasteiger partial charge in [0.15, 0.2) is 23.3 Å². The maximum atomic E-state index is 12.8. The number of Topliss-reactive ketones (excluding diaryl/α,β-unsaturated/α-hetero) is 1. The Hall–Kier alpha value is -2.43. The average Bonchev–Trinajstić information content (AvgIpc) is 3.46. The highest BCUT2D eigenvalue weighted by Gasteiger charge is 2.80. The van der Waals surface area contributed by atoms with Gasteiger partial charge in [-0.15, -0.1) is 0 Å². The van der Waals surface area contributed by atoms with Gasteiger partial charge in [-0.2, -0.15) is 0 Å². The summed E-state index contributed by atoms with van der Waals surface area (Å²) in [6.07, 6.45) is 0.0705. The Labute approximate surface area is 188 Å². The topological polar surface area (TPSA) is 127 Å². The molecule has 174 valence electrons. The van der Waals surface area contributed by atoms with Crippen LogP contribution in [0, 0.1) is 6.92 Å². The minimum absolute atomic E-state index is 0.105. The van der Waals surface area contributed by atoms with E-state index in [0.717, 1.165) is 5.56 Å². The molecule has 7 rings (SSSR count). The third kappa shape index (κ3) is 2.18. The van der Waals surface area contributed by atoms with Crippen molar-refractivity contribution in [2.45, 2.75) is 62.0 Å². The predicted octanol–water partition coefficient (Wildman–Crippen LogP) is 1.78. The van der Waals surface area contributed by atoms with Gasteiger partial charge in [-0.05, 0) is 31.4 Å². The lowest BCUT2D eigenvalue weighted by molar-refractivity contribution is -0.322. The lowest BCUT2D eigenvalue weighted by Crippen LogP contribution is -2.67. The second-order valence-corrected chi connectivity index (χ2v) is 9.77. The number of phenolic OH excluding ortho intramolecular Hbond substituents is 1. The second-order valence-electron chi connectivity index (χ2n) is 9.77. The van der Waals surface area contributed by atoms with Gasteiger partial charge in [-0.25, -0.2) is 0 Å². The highest BCUT2D eigenvalue weighted by Crippen LogP contribution is 2.65. The molecule has 2 aromatic rings. The lowest BCUT2D eigenvalue weighted by Gasteiger charge is -2.47. The summed E-state index contributed by atoms with van der Waals surface area (Å²) in [6.45, 7) is 1.71. The SMILES string of the molecule is COc1c2c(c(O)c3c4c(c(C)cc13)C1OC3(CO)C[C@]5(CO5)[C@](O)(O4)C1O3)C(=O)CCC2. The first-order chi connectivity index (χ1) is 15.8. The number of aliphatic hydroxyl groups excluding tert-OH is 1. The molecule has 5 atom stereocenters. The van der Waals surface area contributed by atoms with Crippen molar-refractivity contribution >= 4 is 16.6 Å². The molecule has 3 N–H and O–H groups in total. The van der Waals surface area contributed by atoms with Gasteiger partial charge in [0.1, 0.15) is 23.4 Å². The summed E-state index contributed by atoms with van der Waals surface area (Å²) in [6, 6.07) is 1.88. The van der Waals surface area contributed by atoms with E-state index in [2.05, 4.69) is 0 Å². The fraction of sp³-hybridized carbons (Fsp3) is 0.542. The van der Waals surface area contributed by atoms with Crippen LogP contribution in [0.15, 0.2) is 6.07 Å². The quantitative estimate of drug-likeness (QED) is 0.580. The zero-order valence-corrected chi connectivity index (χ0v) is 18.3. The van der Waals surface area contributed by atoms with E-state index < -0.39 is 36.0 Å². The molecule has 2 bridgehead atoms. The smallest absolute Gasteiger partial charge is 0.269 e. The normalized spacial score (nSPS) is 37.6. The maximum absolute atomic E-state index is 12.8. The largest absolute Gasteiger partial charge is 0.506 e. The number of carbonyl (C=O) groups excluding carboxylic acids is 1. The van der Waals surface area contributed by atoms with E-state index in [1.165, 1.54) is 7.11 Å². The van der Waals surface area contributed by atoms with E-state index in [-0.39, 0.29) is 35.9 Å². The molecule has 1 spiro atoms. The van der Waals surface area contributed by atoms with Crippen LogP contribution in [0.2, 0.25) is 0 Å². The standard InChI is InChI=1S/C24H24O9/c1-10-6-12-16(17(27)15-11(18(12)29-2)4-3-5-13(15)26)19-14(10)20-21-24(28,32-19)22(9-30-22)7-23(8-25,31-20)33-21/h6,20-21,25,27-28H,3-5,7-9H2,1-2H3/t20?,21?,22-,23?,24+/m0/s1. The molecular formula is C24H24O9. The highest BCUT2D eigenvalue weighted by atomic mass is 16.8. The van der Waals surface area contributed by atoms with Gasteiger partial charge in [0, 0.05) is 29.4 Å². The molecule has 0 amide bonds. The Balaban J connectivity index is 1.57. The molecule has 9 heteroatoms. The monoisotopic (exact) mass is 456 g/mol. The number of aryl methyl sites for hydroxylation is 1. The fourth-order valence-electron chi connectivity index (χ4n) is 6.39. The Kier molecular flexibility index (Phi) is 3.62. The average molecular weight is 456 g/mol. The molecule has 3 saturated heterocycles. The van der Waals surface area contributed by atoms with Crippen molar-refractivity contribution in [3.05, 3.63) is 28.3 Å². The van der Waals surface area contributed by atoms with Gasteiger partial charge in [0.25, 0.3) is 5.79 Å². The predicted molar refractivity (Wildman–Crippen MR) is 112 cm³/mol. The van der Waals surface area contributed by atoms with E-state index in [1.807, 2.05) is 13.0 Å². The fourth-order valence-corrected chi connectivity index (χ4v) is 6.39. The molecule has 3 unspecified atom stereocenters. The summed E-state index contributed by atoms with van der Waals surface area (Å²) < 4.78 is 30.0. The number of epoxide rings is 1. The van der Waals surface area contributed by atoms with Gasteiger partial charge in [-0.3, -0.25) is 4.79 Å². The van der Waals surface area contributed by atoms with Crippen LogP contribution in [0.5, 0.6) is 17.2 Å². The van der Waals surface area contributed by atoms with Gasteiger partial charge in [-0.1, -0.05) is 0 Å². The van der Waals surface area contributed by atoms with Gasteiger partial charge in [0.2, 0.25) is 0 Å². The van der Waals surface area contributed by atoms with Crippen LogP contribution in [0.1, 0.15) is 52.4 Å². The number of carbonyl (C=O) groups is 1. The minimum atomic E-state index is -1.89. The van der Waals surface area contributed by atoms with Gasteiger partial charge < -0.3 is 39.0 Å². The summed E-state index contributed by atoms with van der Waals surface area (Å²) in [7, 11) is 1.54. The number of hydrogen-bond acceptors (Lipinski definition) is 9. The van der Waals surface area contributed by atoms with E-state index in [0.29, 0.717) is 46.9 Å². The van der Waals surface area contributed by atoms with Crippen LogP contribution in [-0.2, 0) is 20.6 Å². The van der Waals surface area contributed by atoms with Crippen molar-refractivity contribution in [1.29, 1.82) is 0 Å². The molecule has 9 nitrogen and oxygen atoms in total. The van der Waals surface area contributed by atoms with Gasteiger partial charge >= 0.3 is 0 Å². The van der Waals surface area contributed by atoms with Crippen molar-refractivity contribution in [1.82, 2.24) is 0 Å². The number of rotatable bonds is 2. The van der Waals surface area contributed by atoms with Crippen LogP contribution >= 0.6 is 0 Å². The van der Waals surface area contributed by atoms with Crippen molar-refractivity contribution in [2.24, 2.45) is 0 Å². The molecule has 4 aliphatic heterocycles. The summed E-state index contributed by atoms with van der Waals surface area (Å²) in [5.74, 6) is -2.79. The van der Waals surface area contributed by atoms with Crippen molar-refractivity contribution in [3.8, 4) is 17.2 Å². The first kappa shape index (κ1) is 20.0. The lowest BCUT2D eigenvalue weighted by atomic mass is 9.79. The molecule has 5 aliphatic rings. The van der Waals surface area contributed by atoms with E-state index in [4.69, 9.17) is 23.7 Å². The first-order valence-electron chi connectivity index (χ1n) is 11.2. The Bertz CT molecular complexity index is 1270. The summed E-state index contributed by atoms with van der Waals surface area (Å²) >= 11 is 0. The summed E-state index contributed by atoms with van der Waals surface area (Å²) in [5.41, 5.74) is 1.23. The van der Waals surface area contributed by atoms with Crippen LogP contribution in [-0.4, -0.2) is 64.7 Å². The van der Waals surface area contributed by atoms with E-state index in [9.17, 15) is 20.1 Å². The minimum Gasteiger partial charge on any atom is -0.506 e. The van der Waals surface area contributed by atoms with Crippen LogP contribution in [0.3, 0.4) is 0 Å². The second kappa shape index (κ2) is 5.97. The first-order valence-corrected chi connectivity index (χ1v) is 11.2. The number of hydrogen-bond donors (Lipinski definition) is 3.